The number of ether oxygens (including phenoxy) is 2. The molecule has 0 aliphatic carbocycles. The Bertz CT molecular complexity index is 680. The maximum absolute atomic E-state index is 12.3. The molecule has 1 atom stereocenters. The quantitative estimate of drug-likeness (QED) is 0.709. The monoisotopic (exact) mass is 339 g/mol. The molecule has 0 aliphatic rings. The van der Waals surface area contributed by atoms with Crippen molar-refractivity contribution in [2.24, 2.45) is 0 Å². The molecule has 126 valence electrons. The van der Waals surface area contributed by atoms with Gasteiger partial charge in [0.2, 0.25) is 10.0 Å². The third kappa shape index (κ3) is 5.38. The van der Waals surface area contributed by atoms with Gasteiger partial charge in [-0.25, -0.2) is 13.1 Å². The van der Waals surface area contributed by atoms with Crippen molar-refractivity contribution in [1.29, 1.82) is 0 Å². The number of furan rings is 1. The van der Waals surface area contributed by atoms with Crippen LogP contribution in [0.4, 0.5) is 0 Å². The average molecular weight is 339 g/mol. The van der Waals surface area contributed by atoms with E-state index < -0.39 is 10.0 Å². The molecule has 6 nitrogen and oxygen atoms in total. The van der Waals surface area contributed by atoms with Crippen LogP contribution in [-0.2, 0) is 21.2 Å². The number of methoxy groups -OCH3 is 1. The number of hydrogen-bond donors (Lipinski definition) is 1. The van der Waals surface area contributed by atoms with Gasteiger partial charge < -0.3 is 13.9 Å². The van der Waals surface area contributed by atoms with Crippen LogP contribution < -0.4 is 9.46 Å². The topological polar surface area (TPSA) is 77.8 Å². The highest BCUT2D eigenvalue weighted by Gasteiger charge is 2.18. The number of hydrogen-bond acceptors (Lipinski definition) is 5. The highest BCUT2D eigenvalue weighted by atomic mass is 32.2. The molecule has 0 aliphatic heterocycles. The predicted molar refractivity (Wildman–Crippen MR) is 86.0 cm³/mol. The van der Waals surface area contributed by atoms with Crippen molar-refractivity contribution < 1.29 is 22.3 Å². The van der Waals surface area contributed by atoms with E-state index in [2.05, 4.69) is 4.72 Å². The summed E-state index contributed by atoms with van der Waals surface area (Å²) in [5.41, 5.74) is 0. The smallest absolute Gasteiger partial charge is 0.240 e. The van der Waals surface area contributed by atoms with E-state index >= 15 is 0 Å². The summed E-state index contributed by atoms with van der Waals surface area (Å²) in [5, 5.41) is 0. The third-order valence-electron chi connectivity index (χ3n) is 3.13. The summed E-state index contributed by atoms with van der Waals surface area (Å²) in [6.45, 7) is 2.69. The van der Waals surface area contributed by atoms with Crippen LogP contribution in [-0.4, -0.2) is 34.8 Å². The zero-order valence-corrected chi connectivity index (χ0v) is 14.0. The molecular weight excluding hydrogens is 318 g/mol. The van der Waals surface area contributed by atoms with E-state index in [1.807, 2.05) is 6.07 Å². The first-order chi connectivity index (χ1) is 11.0. The largest absolute Gasteiger partial charge is 0.491 e. The minimum Gasteiger partial charge on any atom is -0.491 e. The van der Waals surface area contributed by atoms with E-state index in [9.17, 15) is 8.42 Å². The van der Waals surface area contributed by atoms with E-state index in [-0.39, 0.29) is 10.9 Å². The molecular formula is C16H21NO5S. The van der Waals surface area contributed by atoms with Crippen LogP contribution in [0.5, 0.6) is 5.75 Å². The lowest BCUT2D eigenvalue weighted by Crippen LogP contribution is -2.34. The van der Waals surface area contributed by atoms with Gasteiger partial charge in [-0.2, -0.15) is 0 Å². The first-order valence-electron chi connectivity index (χ1n) is 7.28. The van der Waals surface area contributed by atoms with Crippen LogP contribution in [0.3, 0.4) is 0 Å². The number of nitrogens with one attached hydrogen (secondary N) is 1. The van der Waals surface area contributed by atoms with Gasteiger partial charge in [0.15, 0.2) is 0 Å². The van der Waals surface area contributed by atoms with Crippen LogP contribution in [0, 0.1) is 0 Å². The van der Waals surface area contributed by atoms with Crippen molar-refractivity contribution in [3.05, 3.63) is 48.4 Å². The molecule has 1 heterocycles. The highest BCUT2D eigenvalue weighted by Crippen LogP contribution is 2.16. The minimum atomic E-state index is -3.58. The zero-order valence-electron chi connectivity index (χ0n) is 13.2. The Morgan fingerprint density at radius 2 is 1.91 bits per heavy atom. The SMILES string of the molecule is COCCOc1ccc(S(=O)(=O)N[C@H](C)Cc2ccco2)cc1. The first-order valence-corrected chi connectivity index (χ1v) is 8.76. The summed E-state index contributed by atoms with van der Waals surface area (Å²) in [6, 6.07) is 9.61. The van der Waals surface area contributed by atoms with Crippen molar-refractivity contribution in [2.75, 3.05) is 20.3 Å². The van der Waals surface area contributed by atoms with Gasteiger partial charge in [-0.1, -0.05) is 0 Å². The number of rotatable bonds is 9. The average Bonchev–Trinajstić information content (AvgIpc) is 3.00. The minimum absolute atomic E-state index is 0.197. The Morgan fingerprint density at radius 3 is 2.52 bits per heavy atom. The van der Waals surface area contributed by atoms with Crippen LogP contribution >= 0.6 is 0 Å². The van der Waals surface area contributed by atoms with Crippen molar-refractivity contribution >= 4 is 10.0 Å². The molecule has 0 spiro atoms. The van der Waals surface area contributed by atoms with Gasteiger partial charge in [0, 0.05) is 19.6 Å². The number of sulfonamides is 1. The van der Waals surface area contributed by atoms with Crippen molar-refractivity contribution in [1.82, 2.24) is 4.72 Å². The molecule has 0 bridgehead atoms. The number of benzene rings is 1. The van der Waals surface area contributed by atoms with Gasteiger partial charge >= 0.3 is 0 Å². The van der Waals surface area contributed by atoms with Gasteiger partial charge in [0.25, 0.3) is 0 Å². The normalized spacial score (nSPS) is 13.0. The molecule has 23 heavy (non-hydrogen) atoms. The maximum Gasteiger partial charge on any atom is 0.240 e. The maximum atomic E-state index is 12.3. The predicted octanol–water partition coefficient (Wildman–Crippen LogP) is 2.21. The summed E-state index contributed by atoms with van der Waals surface area (Å²) in [6.07, 6.45) is 2.06. The van der Waals surface area contributed by atoms with Crippen molar-refractivity contribution in [3.8, 4) is 5.75 Å². The van der Waals surface area contributed by atoms with Gasteiger partial charge in [-0.05, 0) is 43.3 Å². The molecule has 1 N–H and O–H groups in total. The molecule has 1 aromatic carbocycles. The fourth-order valence-electron chi connectivity index (χ4n) is 2.06. The van der Waals surface area contributed by atoms with Crippen molar-refractivity contribution in [2.45, 2.75) is 24.3 Å². The Balaban J connectivity index is 1.95. The lowest BCUT2D eigenvalue weighted by molar-refractivity contribution is 0.146. The van der Waals surface area contributed by atoms with E-state index in [0.29, 0.717) is 25.4 Å². The van der Waals surface area contributed by atoms with Crippen LogP contribution in [0.1, 0.15) is 12.7 Å². The van der Waals surface area contributed by atoms with Gasteiger partial charge in [0.05, 0.1) is 17.8 Å². The zero-order chi connectivity index (χ0) is 16.7. The summed E-state index contributed by atoms with van der Waals surface area (Å²) < 4.78 is 42.8. The van der Waals surface area contributed by atoms with E-state index in [4.69, 9.17) is 13.9 Å². The van der Waals surface area contributed by atoms with Gasteiger partial charge in [-0.3, -0.25) is 0 Å². The molecule has 0 radical (unpaired) electrons. The summed E-state index contributed by atoms with van der Waals surface area (Å²) >= 11 is 0. The van der Waals surface area contributed by atoms with E-state index in [0.717, 1.165) is 5.76 Å². The van der Waals surface area contributed by atoms with Gasteiger partial charge in [0.1, 0.15) is 18.1 Å². The summed E-state index contributed by atoms with van der Waals surface area (Å²) in [4.78, 5) is 0.197. The molecule has 2 rings (SSSR count). The fraction of sp³-hybridized carbons (Fsp3) is 0.375. The lowest BCUT2D eigenvalue weighted by Gasteiger charge is -2.13. The Morgan fingerprint density at radius 1 is 1.17 bits per heavy atom. The second-order valence-electron chi connectivity index (χ2n) is 5.12. The van der Waals surface area contributed by atoms with Gasteiger partial charge in [-0.15, -0.1) is 0 Å². The van der Waals surface area contributed by atoms with Crippen LogP contribution in [0.25, 0.3) is 0 Å². The van der Waals surface area contributed by atoms with Crippen LogP contribution in [0.15, 0.2) is 52.0 Å². The molecule has 7 heteroatoms. The molecule has 0 saturated carbocycles. The Kier molecular flexibility index (Phi) is 6.20. The van der Waals surface area contributed by atoms with Crippen molar-refractivity contribution in [3.63, 3.8) is 0 Å². The molecule has 0 amide bonds. The Labute approximate surface area is 136 Å². The molecule has 0 unspecified atom stereocenters. The van der Waals surface area contributed by atoms with E-state index in [1.54, 1.807) is 38.5 Å². The lowest BCUT2D eigenvalue weighted by atomic mass is 10.2. The summed E-state index contributed by atoms with van der Waals surface area (Å²) in [7, 11) is -1.98. The first kappa shape index (κ1) is 17.5. The van der Waals surface area contributed by atoms with Crippen LogP contribution in [0.2, 0.25) is 0 Å². The molecule has 2 aromatic rings. The molecule has 0 fully saturated rings. The second kappa shape index (κ2) is 8.14. The summed E-state index contributed by atoms with van der Waals surface area (Å²) in [5.74, 6) is 1.34. The molecule has 1 aromatic heterocycles. The second-order valence-corrected chi connectivity index (χ2v) is 6.83. The Hall–Kier alpha value is -1.83. The molecule has 0 saturated heterocycles. The third-order valence-corrected chi connectivity index (χ3v) is 4.74. The standard InChI is InChI=1S/C16H21NO5S/c1-13(12-15-4-3-9-21-15)17-23(18,19)16-7-5-14(6-8-16)22-11-10-20-2/h3-9,13,17H,10-12H2,1-2H3/t13-/m1/s1. The fourth-order valence-corrected chi connectivity index (χ4v) is 3.31. The highest BCUT2D eigenvalue weighted by molar-refractivity contribution is 7.89. The van der Waals surface area contributed by atoms with E-state index in [1.165, 1.54) is 12.1 Å².